The van der Waals surface area contributed by atoms with Gasteiger partial charge in [-0.2, -0.15) is 0 Å². The first-order valence-electron chi connectivity index (χ1n) is 7.72. The lowest BCUT2D eigenvalue weighted by atomic mass is 9.96. The highest BCUT2D eigenvalue weighted by Gasteiger charge is 2.24. The fourth-order valence-electron chi connectivity index (χ4n) is 2.49. The highest BCUT2D eigenvalue weighted by Crippen LogP contribution is 2.28. The number of hydrogen-bond acceptors (Lipinski definition) is 3. The van der Waals surface area contributed by atoms with E-state index in [1.807, 2.05) is 0 Å². The monoisotopic (exact) mass is 327 g/mol. The minimum atomic E-state index is -0.433. The molecule has 24 heavy (non-hydrogen) atoms. The zero-order chi connectivity index (χ0) is 17.3. The van der Waals surface area contributed by atoms with Gasteiger partial charge >= 0.3 is 0 Å². The number of benzene rings is 2. The molecule has 0 heterocycles. The summed E-state index contributed by atoms with van der Waals surface area (Å²) in [5, 5.41) is 2.85. The van der Waals surface area contributed by atoms with E-state index in [1.54, 1.807) is 37.3 Å². The molecule has 124 valence electrons. The van der Waals surface area contributed by atoms with Crippen LogP contribution in [0.15, 0.2) is 36.4 Å². The zero-order valence-electron chi connectivity index (χ0n) is 13.2. The van der Waals surface area contributed by atoms with Crippen LogP contribution in [-0.2, 0) is 0 Å². The Bertz CT molecular complexity index is 799. The minimum Gasteiger partial charge on any atom is -0.349 e. The predicted octanol–water partition coefficient (Wildman–Crippen LogP) is 2.30. The maximum atomic E-state index is 14.2. The summed E-state index contributed by atoms with van der Waals surface area (Å²) in [7, 11) is 0. The summed E-state index contributed by atoms with van der Waals surface area (Å²) in [4.78, 5) is 23.7. The van der Waals surface area contributed by atoms with Crippen LogP contribution in [0.2, 0.25) is 0 Å². The normalized spacial score (nSPS) is 13.5. The highest BCUT2D eigenvalue weighted by atomic mass is 19.1. The second-order valence-corrected chi connectivity index (χ2v) is 5.93. The van der Waals surface area contributed by atoms with E-state index < -0.39 is 11.7 Å². The van der Waals surface area contributed by atoms with Crippen molar-refractivity contribution in [3.05, 3.63) is 58.9 Å². The van der Waals surface area contributed by atoms with Crippen LogP contribution in [0.3, 0.4) is 0 Å². The van der Waals surface area contributed by atoms with Crippen molar-refractivity contribution >= 4 is 11.8 Å². The van der Waals surface area contributed by atoms with E-state index in [0.29, 0.717) is 22.3 Å². The minimum absolute atomic E-state index is 0.208. The number of carbonyl (C=O) groups excluding carboxylic acids is 2. The van der Waals surface area contributed by atoms with Gasteiger partial charge in [0, 0.05) is 17.2 Å². The van der Waals surface area contributed by atoms with E-state index in [-0.39, 0.29) is 11.9 Å². The molecule has 0 aromatic heterocycles. The lowest BCUT2D eigenvalue weighted by Crippen LogP contribution is -2.29. The third-order valence-electron chi connectivity index (χ3n) is 4.11. The number of nitrogen functional groups attached to an aromatic ring is 1. The van der Waals surface area contributed by atoms with Crippen LogP contribution in [0.4, 0.5) is 4.39 Å². The lowest BCUT2D eigenvalue weighted by molar-refractivity contribution is 0.0944. The predicted molar refractivity (Wildman–Crippen MR) is 88.7 cm³/mol. The van der Waals surface area contributed by atoms with Crippen LogP contribution in [0, 0.1) is 12.7 Å². The molecule has 0 radical (unpaired) electrons. The Labute approximate surface area is 139 Å². The van der Waals surface area contributed by atoms with Crippen molar-refractivity contribution in [2.45, 2.75) is 25.8 Å². The molecule has 1 saturated carbocycles. The van der Waals surface area contributed by atoms with Crippen molar-refractivity contribution < 1.29 is 14.0 Å². The topological polar surface area (TPSA) is 84.2 Å². The van der Waals surface area contributed by atoms with Crippen LogP contribution in [0.5, 0.6) is 0 Å². The van der Waals surface area contributed by atoms with Crippen LogP contribution in [-0.4, -0.2) is 17.9 Å². The summed E-state index contributed by atoms with van der Waals surface area (Å²) < 4.78 is 14.2. The molecule has 0 atom stereocenters. The summed E-state index contributed by atoms with van der Waals surface area (Å²) in [5.41, 5.74) is 4.55. The van der Waals surface area contributed by atoms with E-state index in [2.05, 4.69) is 10.7 Å². The molecule has 0 saturated heterocycles. The number of carbonyl (C=O) groups is 2. The van der Waals surface area contributed by atoms with Gasteiger partial charge in [-0.15, -0.1) is 0 Å². The van der Waals surface area contributed by atoms with Crippen LogP contribution in [0.25, 0.3) is 11.1 Å². The number of hydrazine groups is 1. The third kappa shape index (κ3) is 3.28. The number of nitrogens with two attached hydrogens (primary N) is 1. The van der Waals surface area contributed by atoms with Gasteiger partial charge in [0.25, 0.3) is 11.8 Å². The Morgan fingerprint density at radius 3 is 2.33 bits per heavy atom. The van der Waals surface area contributed by atoms with Crippen molar-refractivity contribution in [1.29, 1.82) is 0 Å². The fourth-order valence-corrected chi connectivity index (χ4v) is 2.49. The Morgan fingerprint density at radius 2 is 1.75 bits per heavy atom. The van der Waals surface area contributed by atoms with E-state index in [9.17, 15) is 14.0 Å². The Kier molecular flexibility index (Phi) is 4.31. The summed E-state index contributed by atoms with van der Waals surface area (Å²) in [6, 6.07) is 9.75. The first kappa shape index (κ1) is 16.1. The van der Waals surface area contributed by atoms with Crippen molar-refractivity contribution in [2.24, 2.45) is 5.84 Å². The van der Waals surface area contributed by atoms with E-state index in [0.717, 1.165) is 18.4 Å². The van der Waals surface area contributed by atoms with Crippen molar-refractivity contribution in [2.75, 3.05) is 0 Å². The Morgan fingerprint density at radius 1 is 1.08 bits per heavy atom. The number of nitrogens with one attached hydrogen (secondary N) is 2. The number of amides is 2. The highest BCUT2D eigenvalue weighted by molar-refractivity contribution is 5.97. The summed E-state index contributed by atoms with van der Waals surface area (Å²) in [6.45, 7) is 1.66. The van der Waals surface area contributed by atoms with Crippen LogP contribution < -0.4 is 16.6 Å². The second kappa shape index (κ2) is 6.41. The summed E-state index contributed by atoms with van der Waals surface area (Å²) in [6.07, 6.45) is 1.94. The quantitative estimate of drug-likeness (QED) is 0.458. The molecular formula is C18H18FN3O2. The molecular weight excluding hydrogens is 309 g/mol. The molecule has 1 aliphatic carbocycles. The van der Waals surface area contributed by atoms with Crippen molar-refractivity contribution in [3.63, 3.8) is 0 Å². The zero-order valence-corrected chi connectivity index (χ0v) is 13.2. The lowest BCUT2D eigenvalue weighted by Gasteiger charge is -2.11. The molecule has 3 rings (SSSR count). The molecule has 5 nitrogen and oxygen atoms in total. The summed E-state index contributed by atoms with van der Waals surface area (Å²) >= 11 is 0. The van der Waals surface area contributed by atoms with Gasteiger partial charge < -0.3 is 5.32 Å². The molecule has 2 aromatic rings. The number of hydrogen-bond donors (Lipinski definition) is 3. The van der Waals surface area contributed by atoms with Crippen LogP contribution >= 0.6 is 0 Å². The summed E-state index contributed by atoms with van der Waals surface area (Å²) in [5.74, 6) is 4.00. The number of halogens is 1. The van der Waals surface area contributed by atoms with Gasteiger partial charge in [-0.1, -0.05) is 12.1 Å². The van der Waals surface area contributed by atoms with Crippen molar-refractivity contribution in [1.82, 2.24) is 10.7 Å². The van der Waals surface area contributed by atoms with E-state index in [4.69, 9.17) is 5.84 Å². The standard InChI is InChI=1S/C18H18FN3O2/c1-10-15(11-2-4-12(5-3-11)18(24)22-20)8-13(9-16(10)19)17(23)21-14-6-7-14/h2-5,8-9,14H,6-7,20H2,1H3,(H,21,23)(H,22,24). The largest absolute Gasteiger partial charge is 0.349 e. The fraction of sp³-hybridized carbons (Fsp3) is 0.222. The van der Waals surface area contributed by atoms with Gasteiger partial charge in [0.05, 0.1) is 0 Å². The maximum absolute atomic E-state index is 14.2. The van der Waals surface area contributed by atoms with Gasteiger partial charge in [-0.3, -0.25) is 15.0 Å². The Hall–Kier alpha value is -2.73. The molecule has 2 amide bonds. The molecule has 0 spiro atoms. The average Bonchev–Trinajstić information content (AvgIpc) is 3.40. The smallest absolute Gasteiger partial charge is 0.265 e. The molecule has 0 aliphatic heterocycles. The van der Waals surface area contributed by atoms with E-state index >= 15 is 0 Å². The van der Waals surface area contributed by atoms with Crippen molar-refractivity contribution in [3.8, 4) is 11.1 Å². The maximum Gasteiger partial charge on any atom is 0.265 e. The van der Waals surface area contributed by atoms with Gasteiger partial charge in [-0.25, -0.2) is 10.2 Å². The Balaban J connectivity index is 1.95. The average molecular weight is 327 g/mol. The molecule has 2 aromatic carbocycles. The molecule has 1 fully saturated rings. The van der Waals surface area contributed by atoms with Gasteiger partial charge in [-0.05, 0) is 60.7 Å². The van der Waals surface area contributed by atoms with Gasteiger partial charge in [0.1, 0.15) is 5.82 Å². The number of rotatable bonds is 4. The molecule has 4 N–H and O–H groups in total. The molecule has 6 heteroatoms. The molecule has 0 unspecified atom stereocenters. The van der Waals surface area contributed by atoms with Crippen LogP contribution in [0.1, 0.15) is 39.1 Å². The van der Waals surface area contributed by atoms with E-state index in [1.165, 1.54) is 6.07 Å². The molecule has 1 aliphatic rings. The second-order valence-electron chi connectivity index (χ2n) is 5.93. The third-order valence-corrected chi connectivity index (χ3v) is 4.11. The molecule has 0 bridgehead atoms. The van der Waals surface area contributed by atoms with Gasteiger partial charge in [0.15, 0.2) is 0 Å². The first-order valence-corrected chi connectivity index (χ1v) is 7.72. The first-order chi connectivity index (χ1) is 11.5. The van der Waals surface area contributed by atoms with Gasteiger partial charge in [0.2, 0.25) is 0 Å². The SMILES string of the molecule is Cc1c(F)cc(C(=O)NC2CC2)cc1-c1ccc(C(=O)NN)cc1.